The van der Waals surface area contributed by atoms with Gasteiger partial charge >= 0.3 is 0 Å². The molecule has 18 heavy (non-hydrogen) atoms. The first-order chi connectivity index (χ1) is 8.54. The zero-order chi connectivity index (χ0) is 13.6. The molecule has 0 radical (unpaired) electrons. The van der Waals surface area contributed by atoms with Gasteiger partial charge in [0.15, 0.2) is 0 Å². The molecule has 106 valence electrons. The Kier molecular flexibility index (Phi) is 5.46. The summed E-state index contributed by atoms with van der Waals surface area (Å²) in [4.78, 5) is 11.0. The van der Waals surface area contributed by atoms with Crippen molar-refractivity contribution in [1.29, 1.82) is 0 Å². The quantitative estimate of drug-likeness (QED) is 0.355. The number of rotatable bonds is 7. The van der Waals surface area contributed by atoms with Crippen molar-refractivity contribution in [2.45, 2.75) is 43.2 Å². The number of nitrogens with one attached hydrogen (secondary N) is 1. The minimum absolute atomic E-state index is 0.0572. The molecular formula is C11H22N2O5. The molecule has 1 aliphatic rings. The molecule has 0 aromatic heterocycles. The summed E-state index contributed by atoms with van der Waals surface area (Å²) in [5, 5.41) is 41.5. The Morgan fingerprint density at radius 3 is 2.00 bits per heavy atom. The average molecular weight is 262 g/mol. The minimum Gasteiger partial charge on any atom is -0.394 e. The van der Waals surface area contributed by atoms with Crippen LogP contribution in [0.4, 0.5) is 0 Å². The molecule has 4 N–H and O–H groups in total. The topological polar surface area (TPSA) is 116 Å². The molecule has 0 spiro atoms. The van der Waals surface area contributed by atoms with Gasteiger partial charge in [-0.15, -0.1) is 0 Å². The van der Waals surface area contributed by atoms with Crippen LogP contribution in [0.15, 0.2) is 0 Å². The van der Waals surface area contributed by atoms with E-state index in [9.17, 15) is 25.4 Å². The maximum atomic E-state index is 11.2. The van der Waals surface area contributed by atoms with Gasteiger partial charge in [0.2, 0.25) is 5.54 Å². The molecule has 7 nitrogen and oxygen atoms in total. The monoisotopic (exact) mass is 262 g/mol. The Hall–Kier alpha value is -0.760. The second-order valence-corrected chi connectivity index (χ2v) is 5.15. The van der Waals surface area contributed by atoms with E-state index in [1.807, 2.05) is 0 Å². The van der Waals surface area contributed by atoms with Crippen LogP contribution >= 0.6 is 0 Å². The fourth-order valence-corrected chi connectivity index (χ4v) is 2.30. The van der Waals surface area contributed by atoms with Gasteiger partial charge in [-0.1, -0.05) is 6.42 Å². The lowest BCUT2D eigenvalue weighted by Gasteiger charge is -2.35. The third-order valence-electron chi connectivity index (χ3n) is 3.87. The third-order valence-corrected chi connectivity index (χ3v) is 3.87. The average Bonchev–Trinajstić information content (AvgIpc) is 2.42. The van der Waals surface area contributed by atoms with Gasteiger partial charge in [0.05, 0.1) is 31.9 Å². The minimum atomic E-state index is -1.25. The first kappa shape index (κ1) is 15.3. The Morgan fingerprint density at radius 2 is 1.61 bits per heavy atom. The van der Waals surface area contributed by atoms with Crippen molar-refractivity contribution < 1.29 is 20.2 Å². The first-order valence-corrected chi connectivity index (χ1v) is 6.26. The maximum absolute atomic E-state index is 11.2. The normalized spacial score (nSPS) is 19.7. The van der Waals surface area contributed by atoms with Gasteiger partial charge in [-0.05, 0) is 12.8 Å². The van der Waals surface area contributed by atoms with Crippen LogP contribution in [0.5, 0.6) is 0 Å². The molecule has 0 aliphatic heterocycles. The summed E-state index contributed by atoms with van der Waals surface area (Å²) in [5.41, 5.74) is -2.29. The second kappa shape index (κ2) is 6.42. The molecule has 0 atom stereocenters. The number of nitro groups is 1. The van der Waals surface area contributed by atoms with Crippen molar-refractivity contribution in [2.75, 3.05) is 26.4 Å². The highest BCUT2D eigenvalue weighted by atomic mass is 16.6. The predicted octanol–water partition coefficient (Wildman–Crippen LogP) is -0.729. The lowest BCUT2D eigenvalue weighted by Crippen LogP contribution is -2.60. The van der Waals surface area contributed by atoms with Gasteiger partial charge in [0, 0.05) is 17.8 Å². The lowest BCUT2D eigenvalue weighted by atomic mass is 9.81. The molecule has 0 amide bonds. The van der Waals surface area contributed by atoms with Crippen LogP contribution in [0.3, 0.4) is 0 Å². The van der Waals surface area contributed by atoms with Crippen molar-refractivity contribution in [3.8, 4) is 0 Å². The van der Waals surface area contributed by atoms with Crippen molar-refractivity contribution in [3.63, 3.8) is 0 Å². The lowest BCUT2D eigenvalue weighted by molar-refractivity contribution is -0.573. The predicted molar refractivity (Wildman–Crippen MR) is 64.8 cm³/mol. The number of hydrogen-bond donors (Lipinski definition) is 4. The first-order valence-electron chi connectivity index (χ1n) is 6.26. The van der Waals surface area contributed by atoms with E-state index in [2.05, 4.69) is 5.32 Å². The highest BCUT2D eigenvalue weighted by molar-refractivity contribution is 4.92. The fourth-order valence-electron chi connectivity index (χ4n) is 2.30. The van der Waals surface area contributed by atoms with Crippen LogP contribution < -0.4 is 5.32 Å². The van der Waals surface area contributed by atoms with Crippen LogP contribution in [0, 0.1) is 10.1 Å². The third kappa shape index (κ3) is 3.17. The molecular weight excluding hydrogens is 240 g/mol. The molecule has 0 unspecified atom stereocenters. The van der Waals surface area contributed by atoms with Gasteiger partial charge in [0.25, 0.3) is 0 Å². The van der Waals surface area contributed by atoms with Crippen LogP contribution in [0.2, 0.25) is 0 Å². The van der Waals surface area contributed by atoms with E-state index >= 15 is 0 Å². The molecule has 1 rings (SSSR count). The summed E-state index contributed by atoms with van der Waals surface area (Å²) in [6, 6.07) is 0. The zero-order valence-corrected chi connectivity index (χ0v) is 10.5. The molecule has 0 aromatic carbocycles. The molecule has 0 aromatic rings. The van der Waals surface area contributed by atoms with Gasteiger partial charge in [-0.25, -0.2) is 0 Å². The van der Waals surface area contributed by atoms with E-state index < -0.39 is 30.9 Å². The van der Waals surface area contributed by atoms with Crippen molar-refractivity contribution in [3.05, 3.63) is 10.1 Å². The van der Waals surface area contributed by atoms with Gasteiger partial charge in [0.1, 0.15) is 0 Å². The van der Waals surface area contributed by atoms with E-state index in [1.54, 1.807) is 0 Å². The zero-order valence-electron chi connectivity index (χ0n) is 10.5. The van der Waals surface area contributed by atoms with E-state index in [-0.39, 0.29) is 11.5 Å². The molecule has 0 heterocycles. The smallest absolute Gasteiger partial charge is 0.234 e. The Balaban J connectivity index is 2.70. The van der Waals surface area contributed by atoms with Crippen molar-refractivity contribution in [1.82, 2.24) is 5.32 Å². The van der Waals surface area contributed by atoms with E-state index in [1.165, 1.54) is 0 Å². The summed E-state index contributed by atoms with van der Waals surface area (Å²) < 4.78 is 0. The van der Waals surface area contributed by atoms with E-state index in [4.69, 9.17) is 0 Å². The van der Waals surface area contributed by atoms with Crippen molar-refractivity contribution in [2.24, 2.45) is 0 Å². The van der Waals surface area contributed by atoms with Crippen LogP contribution in [0.1, 0.15) is 32.1 Å². The summed E-state index contributed by atoms with van der Waals surface area (Å²) >= 11 is 0. The molecule has 1 saturated carbocycles. The Morgan fingerprint density at radius 1 is 1.11 bits per heavy atom. The van der Waals surface area contributed by atoms with Gasteiger partial charge < -0.3 is 15.3 Å². The summed E-state index contributed by atoms with van der Waals surface area (Å²) in [6.45, 7) is -1.34. The molecule has 1 aliphatic carbocycles. The number of nitrogens with zero attached hydrogens (tertiary/aromatic N) is 1. The van der Waals surface area contributed by atoms with E-state index in [0.29, 0.717) is 12.8 Å². The van der Waals surface area contributed by atoms with E-state index in [0.717, 1.165) is 19.3 Å². The SMILES string of the molecule is O=[N+]([O-])C1(CNC(CO)(CO)CO)CCCCC1. The summed E-state index contributed by atoms with van der Waals surface area (Å²) in [5.74, 6) is 0. The Bertz CT molecular complexity index is 266. The fraction of sp³-hybridized carbons (Fsp3) is 1.00. The standard InChI is InChI=1S/C11H22N2O5/c14-7-10(8-15,9-16)12-6-11(13(17)18)4-2-1-3-5-11/h12,14-16H,1-9H2. The summed E-state index contributed by atoms with van der Waals surface area (Å²) in [7, 11) is 0. The maximum Gasteiger partial charge on any atom is 0.234 e. The summed E-state index contributed by atoms with van der Waals surface area (Å²) in [6.07, 6.45) is 3.61. The highest BCUT2D eigenvalue weighted by Crippen LogP contribution is 2.30. The van der Waals surface area contributed by atoms with Gasteiger partial charge in [-0.2, -0.15) is 0 Å². The second-order valence-electron chi connectivity index (χ2n) is 5.15. The van der Waals surface area contributed by atoms with Crippen molar-refractivity contribution >= 4 is 0 Å². The molecule has 7 heteroatoms. The van der Waals surface area contributed by atoms with Gasteiger partial charge in [-0.3, -0.25) is 15.4 Å². The largest absolute Gasteiger partial charge is 0.394 e. The molecule has 0 bridgehead atoms. The highest BCUT2D eigenvalue weighted by Gasteiger charge is 2.45. The molecule has 1 fully saturated rings. The molecule has 0 saturated heterocycles. The number of hydrogen-bond acceptors (Lipinski definition) is 6. The number of aliphatic hydroxyl groups is 3. The number of aliphatic hydroxyl groups excluding tert-OH is 3. The van der Waals surface area contributed by atoms with Crippen LogP contribution in [0.25, 0.3) is 0 Å². The van der Waals surface area contributed by atoms with Crippen LogP contribution in [-0.2, 0) is 0 Å². The Labute approximate surface area is 106 Å². The van der Waals surface area contributed by atoms with Crippen LogP contribution in [-0.4, -0.2) is 57.7 Å².